The van der Waals surface area contributed by atoms with Gasteiger partial charge in [-0.2, -0.15) is 5.26 Å². The van der Waals surface area contributed by atoms with Crippen LogP contribution in [0.1, 0.15) is 31.9 Å². The number of benzene rings is 1. The predicted octanol–water partition coefficient (Wildman–Crippen LogP) is 2.98. The zero-order valence-corrected chi connectivity index (χ0v) is 9.49. The van der Waals surface area contributed by atoms with Crippen LogP contribution in [0.2, 0.25) is 0 Å². The molecule has 0 spiro atoms. The van der Waals surface area contributed by atoms with Crippen molar-refractivity contribution in [1.29, 1.82) is 5.26 Å². The van der Waals surface area contributed by atoms with E-state index < -0.39 is 0 Å². The van der Waals surface area contributed by atoms with Crippen molar-refractivity contribution >= 4 is 6.08 Å². The Morgan fingerprint density at radius 2 is 2.13 bits per heavy atom. The highest BCUT2D eigenvalue weighted by Crippen LogP contribution is 2.08. The molecule has 0 fully saturated rings. The van der Waals surface area contributed by atoms with Crippen LogP contribution in [-0.2, 0) is 0 Å². The van der Waals surface area contributed by atoms with Crippen LogP contribution < -0.4 is 0 Å². The maximum Gasteiger partial charge on any atom is 0.0991 e. The second-order valence-electron chi connectivity index (χ2n) is 2.89. The molecule has 0 radical (unpaired) electrons. The van der Waals surface area contributed by atoms with Crippen LogP contribution in [0.4, 0.5) is 0 Å². The molecule has 0 amide bonds. The third kappa shape index (κ3) is 4.99. The van der Waals surface area contributed by atoms with Gasteiger partial charge in [-0.25, -0.2) is 0 Å². The Labute approximate surface area is 91.5 Å². The van der Waals surface area contributed by atoms with E-state index in [2.05, 4.69) is 6.07 Å². The van der Waals surface area contributed by atoms with Gasteiger partial charge in [-0.3, -0.25) is 0 Å². The van der Waals surface area contributed by atoms with E-state index >= 15 is 0 Å². The number of hydrogen-bond donors (Lipinski definition) is 1. The maximum absolute atomic E-state index is 8.79. The van der Waals surface area contributed by atoms with Gasteiger partial charge in [-0.05, 0) is 30.2 Å². The summed E-state index contributed by atoms with van der Waals surface area (Å²) in [7, 11) is 0. The lowest BCUT2D eigenvalue weighted by molar-refractivity contribution is 0.332. The summed E-state index contributed by atoms with van der Waals surface area (Å²) < 4.78 is 0. The molecule has 2 heteroatoms. The molecule has 0 aliphatic rings. The van der Waals surface area contributed by atoms with Gasteiger partial charge in [-0.15, -0.1) is 0 Å². The minimum absolute atomic E-state index is 0.0524. The summed E-state index contributed by atoms with van der Waals surface area (Å²) in [6.07, 6.45) is 1.86. The lowest BCUT2D eigenvalue weighted by Crippen LogP contribution is -1.84. The molecule has 80 valence electrons. The molecule has 15 heavy (non-hydrogen) atoms. The van der Waals surface area contributed by atoms with Crippen LogP contribution in [0.3, 0.4) is 0 Å². The van der Waals surface area contributed by atoms with E-state index in [1.807, 2.05) is 39.0 Å². The quantitative estimate of drug-likeness (QED) is 0.803. The third-order valence-corrected chi connectivity index (χ3v) is 1.68. The standard InChI is InChI=1S/C11H11NO.C2H6/c1-9(8-13)5-10-3-2-4-11(6-10)7-12;1-2/h2-6,13H,8H2,1H3;1-2H3/b9-5+;. The van der Waals surface area contributed by atoms with Gasteiger partial charge in [0.1, 0.15) is 0 Å². The van der Waals surface area contributed by atoms with E-state index in [0.717, 1.165) is 11.1 Å². The van der Waals surface area contributed by atoms with Gasteiger partial charge in [0.15, 0.2) is 0 Å². The summed E-state index contributed by atoms with van der Waals surface area (Å²) >= 11 is 0. The van der Waals surface area contributed by atoms with Crippen molar-refractivity contribution in [2.24, 2.45) is 0 Å². The van der Waals surface area contributed by atoms with Gasteiger partial charge in [0.25, 0.3) is 0 Å². The van der Waals surface area contributed by atoms with E-state index in [9.17, 15) is 0 Å². The Balaban J connectivity index is 0.000000921. The highest BCUT2D eigenvalue weighted by molar-refractivity contribution is 5.54. The zero-order chi connectivity index (χ0) is 11.7. The van der Waals surface area contributed by atoms with Gasteiger partial charge >= 0.3 is 0 Å². The van der Waals surface area contributed by atoms with Crippen molar-refractivity contribution in [1.82, 2.24) is 0 Å². The zero-order valence-electron chi connectivity index (χ0n) is 9.49. The summed E-state index contributed by atoms with van der Waals surface area (Å²) in [5.41, 5.74) is 2.47. The monoisotopic (exact) mass is 203 g/mol. The van der Waals surface area contributed by atoms with Crippen molar-refractivity contribution in [3.8, 4) is 6.07 Å². The van der Waals surface area contributed by atoms with Gasteiger partial charge in [-0.1, -0.05) is 32.1 Å². The molecule has 0 unspecified atom stereocenters. The fourth-order valence-electron chi connectivity index (χ4n) is 1.03. The molecule has 0 bridgehead atoms. The molecular weight excluding hydrogens is 186 g/mol. The second-order valence-corrected chi connectivity index (χ2v) is 2.89. The Morgan fingerprint density at radius 1 is 1.47 bits per heavy atom. The summed E-state index contributed by atoms with van der Waals surface area (Å²) in [6.45, 7) is 5.90. The maximum atomic E-state index is 8.79. The number of rotatable bonds is 2. The largest absolute Gasteiger partial charge is 0.392 e. The van der Waals surface area contributed by atoms with Crippen molar-refractivity contribution in [2.45, 2.75) is 20.8 Å². The van der Waals surface area contributed by atoms with Gasteiger partial charge in [0.05, 0.1) is 18.2 Å². The molecule has 0 saturated heterocycles. The molecule has 1 rings (SSSR count). The van der Waals surface area contributed by atoms with Crippen LogP contribution in [0.5, 0.6) is 0 Å². The molecule has 0 aromatic heterocycles. The second kappa shape index (κ2) is 7.78. The molecule has 0 aliphatic carbocycles. The number of aliphatic hydroxyl groups is 1. The van der Waals surface area contributed by atoms with E-state index in [1.54, 1.807) is 12.1 Å². The summed E-state index contributed by atoms with van der Waals surface area (Å²) in [4.78, 5) is 0. The van der Waals surface area contributed by atoms with Crippen molar-refractivity contribution in [2.75, 3.05) is 6.61 Å². The molecule has 0 heterocycles. The van der Waals surface area contributed by atoms with E-state index in [1.165, 1.54) is 0 Å². The summed E-state index contributed by atoms with van der Waals surface area (Å²) in [5.74, 6) is 0. The lowest BCUT2D eigenvalue weighted by Gasteiger charge is -1.96. The minimum Gasteiger partial charge on any atom is -0.392 e. The molecule has 0 aliphatic heterocycles. The van der Waals surface area contributed by atoms with Crippen LogP contribution in [0.25, 0.3) is 6.08 Å². The molecule has 0 atom stereocenters. The van der Waals surface area contributed by atoms with Gasteiger partial charge in [0.2, 0.25) is 0 Å². The van der Waals surface area contributed by atoms with Crippen LogP contribution in [0.15, 0.2) is 29.8 Å². The van der Waals surface area contributed by atoms with Crippen molar-refractivity contribution in [3.05, 3.63) is 41.0 Å². The van der Waals surface area contributed by atoms with Crippen molar-refractivity contribution < 1.29 is 5.11 Å². The SMILES string of the molecule is C/C(=C\c1cccc(C#N)c1)CO.CC. The highest BCUT2D eigenvalue weighted by Gasteiger charge is 1.92. The van der Waals surface area contributed by atoms with Gasteiger partial charge < -0.3 is 5.11 Å². The predicted molar refractivity (Wildman–Crippen MR) is 63.2 cm³/mol. The summed E-state index contributed by atoms with van der Waals surface area (Å²) in [6, 6.07) is 9.34. The normalized spacial score (nSPS) is 9.93. The first-order valence-electron chi connectivity index (χ1n) is 5.04. The average molecular weight is 203 g/mol. The van der Waals surface area contributed by atoms with E-state index in [-0.39, 0.29) is 6.61 Å². The molecule has 1 aromatic rings. The van der Waals surface area contributed by atoms with Crippen LogP contribution in [0, 0.1) is 11.3 Å². The van der Waals surface area contributed by atoms with Crippen molar-refractivity contribution in [3.63, 3.8) is 0 Å². The van der Waals surface area contributed by atoms with Crippen LogP contribution in [-0.4, -0.2) is 11.7 Å². The number of nitriles is 1. The summed E-state index contributed by atoms with van der Waals surface area (Å²) in [5, 5.41) is 17.4. The molecule has 2 nitrogen and oxygen atoms in total. The molecule has 1 N–H and O–H groups in total. The smallest absolute Gasteiger partial charge is 0.0991 e. The minimum atomic E-state index is 0.0524. The molecule has 0 saturated carbocycles. The Bertz CT molecular complexity index is 361. The van der Waals surface area contributed by atoms with Gasteiger partial charge in [0, 0.05) is 0 Å². The third-order valence-electron chi connectivity index (χ3n) is 1.68. The first-order valence-corrected chi connectivity index (χ1v) is 5.04. The fourth-order valence-corrected chi connectivity index (χ4v) is 1.03. The number of hydrogen-bond acceptors (Lipinski definition) is 2. The Hall–Kier alpha value is -1.59. The molecule has 1 aromatic carbocycles. The molecular formula is C13H17NO. The fraction of sp³-hybridized carbons (Fsp3) is 0.308. The Morgan fingerprint density at radius 3 is 2.67 bits per heavy atom. The lowest BCUT2D eigenvalue weighted by atomic mass is 10.1. The van der Waals surface area contributed by atoms with E-state index in [4.69, 9.17) is 10.4 Å². The first kappa shape index (κ1) is 13.4. The number of aliphatic hydroxyl groups excluding tert-OH is 1. The van der Waals surface area contributed by atoms with E-state index in [0.29, 0.717) is 5.56 Å². The topological polar surface area (TPSA) is 44.0 Å². The first-order chi connectivity index (χ1) is 7.26. The highest BCUT2D eigenvalue weighted by atomic mass is 16.3. The Kier molecular flexibility index (Phi) is 6.96. The average Bonchev–Trinajstić information content (AvgIpc) is 2.31. The van der Waals surface area contributed by atoms with Crippen LogP contribution >= 0.6 is 0 Å². The number of nitrogens with zero attached hydrogens (tertiary/aromatic N) is 1.